The summed E-state index contributed by atoms with van der Waals surface area (Å²) in [6.07, 6.45) is 13.3. The number of rotatable bonds is 3. The molecule has 280 valence electrons. The first-order valence-electron chi connectivity index (χ1n) is 19.2. The summed E-state index contributed by atoms with van der Waals surface area (Å²) in [6, 6.07) is 13.9. The Morgan fingerprint density at radius 1 is 1.08 bits per heavy atom. The molecule has 2 aliphatic carbocycles. The number of aromatic nitrogens is 1. The van der Waals surface area contributed by atoms with Crippen molar-refractivity contribution in [3.8, 4) is 5.75 Å². The standard InChI is InChI=1S/C42H50N4O6S/c1-27-12-16-35-29(19-27)8-6-18-42(35)25-45-22-31-13-15-34(31)37(51-3)10-4-7-28(2)24-53(50,43-40(48)30-14-17-38(52-26-42)36(45)21-30)44-41(49)32-20-33-9-5-11-39(47)46(33)23-32/h4,10,12,14,16-17,19-21,23,28,31,34,37H,5-9,11,13,15,18,22,24-26H2,1-3H3,(H,43,44,48,49,50)/b10-4+/t28-,31-,34+,37-,42-,53?/m0/s1. The van der Waals surface area contributed by atoms with Gasteiger partial charge in [-0.1, -0.05) is 42.8 Å². The van der Waals surface area contributed by atoms with Crippen LogP contribution in [-0.2, 0) is 32.9 Å². The molecule has 4 heterocycles. The van der Waals surface area contributed by atoms with Gasteiger partial charge >= 0.3 is 0 Å². The number of fused-ring (bicyclic) bond motifs is 5. The van der Waals surface area contributed by atoms with Gasteiger partial charge in [0.25, 0.3) is 11.8 Å². The third-order valence-corrected chi connectivity index (χ3v) is 14.2. The molecule has 1 saturated carbocycles. The second-order valence-electron chi connectivity index (χ2n) is 16.1. The molecule has 2 aromatic carbocycles. The number of anilines is 1. The molecule has 0 saturated heterocycles. The molecule has 2 bridgehead atoms. The predicted octanol–water partition coefficient (Wildman–Crippen LogP) is 6.84. The second kappa shape index (κ2) is 14.2. The van der Waals surface area contributed by atoms with Crippen molar-refractivity contribution in [2.24, 2.45) is 22.1 Å². The van der Waals surface area contributed by atoms with Crippen LogP contribution >= 0.6 is 0 Å². The highest BCUT2D eigenvalue weighted by molar-refractivity contribution is 7.92. The lowest BCUT2D eigenvalue weighted by atomic mass is 9.68. The van der Waals surface area contributed by atoms with Crippen molar-refractivity contribution in [1.29, 1.82) is 0 Å². The molecule has 1 spiro atoms. The molecule has 2 amide bonds. The van der Waals surface area contributed by atoms with Crippen LogP contribution in [0.3, 0.4) is 0 Å². The summed E-state index contributed by atoms with van der Waals surface area (Å²) >= 11 is 0. The van der Waals surface area contributed by atoms with Gasteiger partial charge in [0.2, 0.25) is 5.91 Å². The number of methoxy groups -OCH3 is 1. The largest absolute Gasteiger partial charge is 0.490 e. The number of benzene rings is 2. The van der Waals surface area contributed by atoms with Crippen molar-refractivity contribution in [3.05, 3.63) is 94.3 Å². The van der Waals surface area contributed by atoms with Crippen LogP contribution in [0.15, 0.2) is 65.2 Å². The Balaban J connectivity index is 1.18. The number of allylic oxidation sites excluding steroid dienone is 1. The van der Waals surface area contributed by atoms with E-state index >= 15 is 0 Å². The minimum absolute atomic E-state index is 0.0212. The zero-order valence-electron chi connectivity index (χ0n) is 31.0. The van der Waals surface area contributed by atoms with Crippen molar-refractivity contribution >= 4 is 33.3 Å². The van der Waals surface area contributed by atoms with Gasteiger partial charge < -0.3 is 14.4 Å². The molecule has 1 unspecified atom stereocenters. The molecule has 8 rings (SSSR count). The van der Waals surface area contributed by atoms with E-state index in [2.05, 4.69) is 51.3 Å². The van der Waals surface area contributed by atoms with Crippen LogP contribution in [0.25, 0.3) is 0 Å². The van der Waals surface area contributed by atoms with Gasteiger partial charge in [0.15, 0.2) is 0 Å². The minimum atomic E-state index is -3.58. The summed E-state index contributed by atoms with van der Waals surface area (Å²) in [5.41, 5.74) is 5.88. The van der Waals surface area contributed by atoms with Crippen LogP contribution in [0, 0.1) is 24.7 Å². The van der Waals surface area contributed by atoms with E-state index in [1.165, 1.54) is 27.5 Å². The first kappa shape index (κ1) is 35.8. The summed E-state index contributed by atoms with van der Waals surface area (Å²) < 4.78 is 35.9. The Morgan fingerprint density at radius 3 is 2.74 bits per heavy atom. The summed E-state index contributed by atoms with van der Waals surface area (Å²) in [5.74, 6) is -0.0885. The average molecular weight is 739 g/mol. The van der Waals surface area contributed by atoms with E-state index in [4.69, 9.17) is 9.47 Å². The van der Waals surface area contributed by atoms with Crippen LogP contribution in [0.1, 0.15) is 99.8 Å². The zero-order valence-corrected chi connectivity index (χ0v) is 31.8. The minimum Gasteiger partial charge on any atom is -0.490 e. The van der Waals surface area contributed by atoms with Gasteiger partial charge in [-0.05, 0) is 111 Å². The topological polar surface area (TPSA) is 119 Å². The molecule has 3 aliphatic heterocycles. The normalized spacial score (nSPS) is 30.4. The van der Waals surface area contributed by atoms with Crippen LogP contribution in [0.4, 0.5) is 5.69 Å². The average Bonchev–Trinajstić information content (AvgIpc) is 3.51. The van der Waals surface area contributed by atoms with E-state index in [1.54, 1.807) is 19.2 Å². The number of carbonyl (C=O) groups is 3. The third-order valence-electron chi connectivity index (χ3n) is 12.2. The summed E-state index contributed by atoms with van der Waals surface area (Å²) in [4.78, 5) is 42.6. The Labute approximate surface area is 312 Å². The molecule has 3 aromatic rings. The van der Waals surface area contributed by atoms with Crippen LogP contribution in [0.2, 0.25) is 0 Å². The van der Waals surface area contributed by atoms with Crippen molar-refractivity contribution < 1.29 is 28.1 Å². The van der Waals surface area contributed by atoms with Crippen molar-refractivity contribution in [3.63, 3.8) is 0 Å². The predicted molar refractivity (Wildman–Crippen MR) is 205 cm³/mol. The Bertz CT molecular complexity index is 2110. The molecule has 0 radical (unpaired) electrons. The Hall–Kier alpha value is -4.22. The summed E-state index contributed by atoms with van der Waals surface area (Å²) in [6.45, 7) is 6.17. The molecule has 6 atom stereocenters. The number of aryl methyl sites for hydroxylation is 3. The quantitative estimate of drug-likeness (QED) is 0.293. The summed E-state index contributed by atoms with van der Waals surface area (Å²) in [7, 11) is -1.82. The fraction of sp³-hybridized carbons (Fsp3) is 0.500. The molecule has 1 aromatic heterocycles. The lowest BCUT2D eigenvalue weighted by Crippen LogP contribution is -2.49. The number of carbonyl (C=O) groups excluding carboxylic acids is 3. The Morgan fingerprint density at radius 2 is 1.94 bits per heavy atom. The maximum Gasteiger partial charge on any atom is 0.286 e. The second-order valence-corrected chi connectivity index (χ2v) is 18.1. The molecule has 1 fully saturated rings. The molecule has 5 aliphatic rings. The number of amides is 2. The van der Waals surface area contributed by atoms with Gasteiger partial charge in [-0.3, -0.25) is 23.7 Å². The number of hydrogen-bond acceptors (Lipinski definition) is 7. The van der Waals surface area contributed by atoms with E-state index in [-0.39, 0.29) is 34.7 Å². The van der Waals surface area contributed by atoms with Gasteiger partial charge in [-0.15, -0.1) is 4.36 Å². The van der Waals surface area contributed by atoms with E-state index < -0.39 is 21.7 Å². The van der Waals surface area contributed by atoms with Crippen LogP contribution < -0.4 is 14.4 Å². The molecular weight excluding hydrogens is 689 g/mol. The number of nitrogens with zero attached hydrogens (tertiary/aromatic N) is 3. The van der Waals surface area contributed by atoms with Crippen LogP contribution in [-0.4, -0.2) is 65.2 Å². The van der Waals surface area contributed by atoms with E-state index in [1.807, 2.05) is 19.1 Å². The number of nitrogens with one attached hydrogen (secondary N) is 1. The highest BCUT2D eigenvalue weighted by Crippen LogP contribution is 2.47. The fourth-order valence-electron chi connectivity index (χ4n) is 9.33. The maximum absolute atomic E-state index is 14.7. The van der Waals surface area contributed by atoms with E-state index in [9.17, 15) is 18.6 Å². The molecular formula is C42H50N4O6S. The van der Waals surface area contributed by atoms with Crippen LogP contribution in [0.5, 0.6) is 5.75 Å². The SMILES string of the molecule is CO[C@H]1/C=C/C[C@H](C)CS(=O)(NC(=O)c2cc3n(c2)C(=O)CCC3)=NC(=O)c2ccc3c(c2)N(C[C@@H]2CC[C@H]21)C[C@@]1(CCCc2cc(C)ccc21)CO3. The highest BCUT2D eigenvalue weighted by Gasteiger charge is 2.44. The van der Waals surface area contributed by atoms with Gasteiger partial charge in [-0.25, -0.2) is 4.21 Å². The van der Waals surface area contributed by atoms with Gasteiger partial charge in [0, 0.05) is 49.5 Å². The first-order chi connectivity index (χ1) is 25.5. The van der Waals surface area contributed by atoms with Crippen molar-refractivity contribution in [2.45, 2.75) is 83.2 Å². The maximum atomic E-state index is 14.7. The first-order valence-corrected chi connectivity index (χ1v) is 20.9. The van der Waals surface area contributed by atoms with Gasteiger partial charge in [0.05, 0.1) is 29.7 Å². The number of hydrogen-bond donors (Lipinski definition) is 1. The third kappa shape index (κ3) is 6.98. The monoisotopic (exact) mass is 738 g/mol. The zero-order chi connectivity index (χ0) is 36.9. The number of ether oxygens (including phenoxy) is 2. The van der Waals surface area contributed by atoms with E-state index in [0.717, 1.165) is 63.0 Å². The Kier molecular flexibility index (Phi) is 9.60. The van der Waals surface area contributed by atoms with Crippen molar-refractivity contribution in [1.82, 2.24) is 9.29 Å². The molecule has 1 N–H and O–H groups in total. The molecule has 11 heteroatoms. The van der Waals surface area contributed by atoms with Gasteiger partial charge in [0.1, 0.15) is 15.7 Å². The van der Waals surface area contributed by atoms with Gasteiger partial charge in [-0.2, -0.15) is 0 Å². The highest BCUT2D eigenvalue weighted by atomic mass is 32.2. The summed E-state index contributed by atoms with van der Waals surface area (Å²) in [5, 5.41) is 0. The molecule has 10 nitrogen and oxygen atoms in total. The fourth-order valence-corrected chi connectivity index (χ4v) is 11.2. The smallest absolute Gasteiger partial charge is 0.286 e. The molecule has 53 heavy (non-hydrogen) atoms. The lowest BCUT2D eigenvalue weighted by Gasteiger charge is -2.46. The lowest BCUT2D eigenvalue weighted by molar-refractivity contribution is 0.0131. The van der Waals surface area contributed by atoms with E-state index in [0.29, 0.717) is 49.0 Å². The van der Waals surface area contributed by atoms with Crippen molar-refractivity contribution in [2.75, 3.05) is 37.5 Å².